The zero-order valence-corrected chi connectivity index (χ0v) is 22.5. The van der Waals surface area contributed by atoms with Crippen LogP contribution in [0.1, 0.15) is 56.9 Å². The number of benzene rings is 3. The van der Waals surface area contributed by atoms with Crippen LogP contribution in [0.5, 0.6) is 0 Å². The summed E-state index contributed by atoms with van der Waals surface area (Å²) in [6.07, 6.45) is 0. The molecule has 1 heterocycles. The average molecular weight is 487 g/mol. The zero-order chi connectivity index (χ0) is 25.5. The predicted molar refractivity (Wildman–Crippen MR) is 148 cm³/mol. The van der Waals surface area contributed by atoms with Crippen molar-refractivity contribution in [1.29, 1.82) is 0 Å². The average Bonchev–Trinajstić information content (AvgIpc) is 3.11. The van der Waals surface area contributed by atoms with Crippen molar-refractivity contribution in [3.63, 3.8) is 0 Å². The van der Waals surface area contributed by atoms with E-state index in [1.165, 1.54) is 22.3 Å². The molecule has 0 unspecified atom stereocenters. The van der Waals surface area contributed by atoms with Crippen LogP contribution >= 0.6 is 11.6 Å². The normalized spacial score (nSPS) is 12.2. The third kappa shape index (κ3) is 5.46. The third-order valence-electron chi connectivity index (χ3n) is 6.45. The Balaban J connectivity index is 1.85. The molecule has 0 aliphatic carbocycles. The van der Waals surface area contributed by atoms with Crippen LogP contribution in [0.3, 0.4) is 0 Å². The number of fused-ring (bicyclic) bond motifs is 1. The van der Waals surface area contributed by atoms with E-state index in [4.69, 9.17) is 11.6 Å². The molecule has 4 heteroatoms. The summed E-state index contributed by atoms with van der Waals surface area (Å²) >= 11 is 6.14. The van der Waals surface area contributed by atoms with E-state index in [1.54, 1.807) is 0 Å². The summed E-state index contributed by atoms with van der Waals surface area (Å²) in [6, 6.07) is 23.4. The van der Waals surface area contributed by atoms with Crippen LogP contribution in [0.25, 0.3) is 22.2 Å². The number of nitrogens with zero attached hydrogens (tertiary/aromatic N) is 1. The number of rotatable bonds is 5. The fraction of sp³-hybridized carbons (Fsp3) is 0.323. The maximum Gasteiger partial charge on any atom is 0.230 e. The van der Waals surface area contributed by atoms with E-state index >= 15 is 0 Å². The van der Waals surface area contributed by atoms with E-state index in [0.29, 0.717) is 0 Å². The molecule has 0 spiro atoms. The van der Waals surface area contributed by atoms with Gasteiger partial charge >= 0.3 is 0 Å². The van der Waals surface area contributed by atoms with Crippen molar-refractivity contribution in [3.8, 4) is 11.3 Å². The number of hydrogen-bond donors (Lipinski definition) is 1. The van der Waals surface area contributed by atoms with Gasteiger partial charge in [-0.25, -0.2) is 0 Å². The van der Waals surface area contributed by atoms with Gasteiger partial charge in [-0.05, 0) is 108 Å². The molecule has 0 aliphatic rings. The summed E-state index contributed by atoms with van der Waals surface area (Å²) < 4.78 is 2.36. The van der Waals surface area contributed by atoms with E-state index in [0.717, 1.165) is 33.7 Å². The Bertz CT molecular complexity index is 1370. The predicted octanol–water partition coefficient (Wildman–Crippen LogP) is 7.82. The first-order valence-corrected chi connectivity index (χ1v) is 12.5. The molecule has 4 rings (SSSR count). The summed E-state index contributed by atoms with van der Waals surface area (Å²) in [5.41, 5.74) is 7.23. The molecule has 0 bridgehead atoms. The van der Waals surface area contributed by atoms with Crippen molar-refractivity contribution in [3.05, 3.63) is 94.0 Å². The molecule has 0 saturated carbocycles. The molecule has 1 aromatic heterocycles. The lowest BCUT2D eigenvalue weighted by molar-refractivity contribution is -0.127. The van der Waals surface area contributed by atoms with Gasteiger partial charge in [-0.15, -0.1) is 0 Å². The molecule has 1 N–H and O–H groups in total. The molecular formula is C31H35ClN2O. The highest BCUT2D eigenvalue weighted by Crippen LogP contribution is 2.34. The van der Waals surface area contributed by atoms with Gasteiger partial charge in [0.15, 0.2) is 0 Å². The number of nitrogens with one attached hydrogen (secondary N) is 1. The van der Waals surface area contributed by atoms with Crippen LogP contribution in [0.15, 0.2) is 66.7 Å². The number of carbonyl (C=O) groups is 1. The van der Waals surface area contributed by atoms with Gasteiger partial charge in [0.25, 0.3) is 0 Å². The lowest BCUT2D eigenvalue weighted by Gasteiger charge is -2.30. The molecule has 182 valence electrons. The molecule has 1 amide bonds. The highest BCUT2D eigenvalue weighted by Gasteiger charge is 2.32. The van der Waals surface area contributed by atoms with Gasteiger partial charge in [0.05, 0.1) is 5.41 Å². The van der Waals surface area contributed by atoms with Crippen molar-refractivity contribution in [2.75, 3.05) is 0 Å². The largest absolute Gasteiger partial charge is 0.351 e. The number of hydrogen-bond acceptors (Lipinski definition) is 1. The van der Waals surface area contributed by atoms with Gasteiger partial charge in [-0.2, -0.15) is 0 Å². The monoisotopic (exact) mass is 486 g/mol. The molecule has 35 heavy (non-hydrogen) atoms. The lowest BCUT2D eigenvalue weighted by atomic mass is 9.82. The second-order valence-electron chi connectivity index (χ2n) is 11.2. The SMILES string of the molecule is Cc1cc(C)cc(-c2cc3cc(C(C)(C)C(=O)NC(C)(C)C)ccc3n2Cc2ccc(Cl)cc2)c1. The van der Waals surface area contributed by atoms with Gasteiger partial charge in [0.2, 0.25) is 5.91 Å². The Morgan fingerprint density at radius 1 is 0.857 bits per heavy atom. The minimum atomic E-state index is -0.653. The molecule has 0 aliphatic heterocycles. The van der Waals surface area contributed by atoms with Gasteiger partial charge in [0, 0.05) is 33.7 Å². The van der Waals surface area contributed by atoms with Crippen molar-refractivity contribution in [2.24, 2.45) is 0 Å². The highest BCUT2D eigenvalue weighted by atomic mass is 35.5. The molecule has 4 aromatic rings. The van der Waals surface area contributed by atoms with E-state index in [2.05, 4.69) is 78.3 Å². The smallest absolute Gasteiger partial charge is 0.230 e. The molecular weight excluding hydrogens is 452 g/mol. The molecule has 0 radical (unpaired) electrons. The minimum Gasteiger partial charge on any atom is -0.351 e. The summed E-state index contributed by atoms with van der Waals surface area (Å²) in [6.45, 7) is 15.0. The molecule has 0 fully saturated rings. The summed E-state index contributed by atoms with van der Waals surface area (Å²) in [5, 5.41) is 5.01. The number of aryl methyl sites for hydroxylation is 2. The number of amides is 1. The number of halogens is 1. The fourth-order valence-corrected chi connectivity index (χ4v) is 4.72. The quantitative estimate of drug-likeness (QED) is 0.306. The van der Waals surface area contributed by atoms with Crippen LogP contribution in [0, 0.1) is 13.8 Å². The van der Waals surface area contributed by atoms with Gasteiger partial charge in [-0.3, -0.25) is 4.79 Å². The second kappa shape index (κ2) is 9.20. The maximum absolute atomic E-state index is 13.1. The molecule has 3 nitrogen and oxygen atoms in total. The Kier molecular flexibility index (Phi) is 6.59. The Morgan fingerprint density at radius 3 is 2.09 bits per heavy atom. The number of carbonyl (C=O) groups excluding carboxylic acids is 1. The molecule has 0 saturated heterocycles. The fourth-order valence-electron chi connectivity index (χ4n) is 4.59. The standard InChI is InChI=1S/C31H35ClN2O/c1-20-14-21(2)16-23(15-20)28-18-24-17-25(31(6,7)29(35)33-30(3,4)5)10-13-27(24)34(28)19-22-8-11-26(32)12-9-22/h8-18H,19H2,1-7H3,(H,33,35). The van der Waals surface area contributed by atoms with Crippen LogP contribution < -0.4 is 5.32 Å². The third-order valence-corrected chi connectivity index (χ3v) is 6.70. The first kappa shape index (κ1) is 25.1. The molecule has 0 atom stereocenters. The highest BCUT2D eigenvalue weighted by molar-refractivity contribution is 6.30. The summed E-state index contributed by atoms with van der Waals surface area (Å²) in [4.78, 5) is 13.1. The van der Waals surface area contributed by atoms with Crippen LogP contribution in [0.4, 0.5) is 0 Å². The van der Waals surface area contributed by atoms with Crippen molar-refractivity contribution in [2.45, 2.75) is 66.0 Å². The van der Waals surface area contributed by atoms with Crippen molar-refractivity contribution in [1.82, 2.24) is 9.88 Å². The zero-order valence-electron chi connectivity index (χ0n) is 21.8. The first-order valence-electron chi connectivity index (χ1n) is 12.1. The van der Waals surface area contributed by atoms with E-state index in [-0.39, 0.29) is 11.4 Å². The van der Waals surface area contributed by atoms with Crippen LogP contribution in [-0.2, 0) is 16.8 Å². The van der Waals surface area contributed by atoms with E-state index < -0.39 is 5.41 Å². The van der Waals surface area contributed by atoms with Crippen molar-refractivity contribution < 1.29 is 4.79 Å². The second-order valence-corrected chi connectivity index (χ2v) is 11.7. The van der Waals surface area contributed by atoms with E-state index in [1.807, 2.05) is 46.8 Å². The van der Waals surface area contributed by atoms with Crippen molar-refractivity contribution >= 4 is 28.4 Å². The Hall–Kier alpha value is -3.04. The lowest BCUT2D eigenvalue weighted by Crippen LogP contribution is -2.48. The summed E-state index contributed by atoms with van der Waals surface area (Å²) in [7, 11) is 0. The topological polar surface area (TPSA) is 34.0 Å². The van der Waals surface area contributed by atoms with Gasteiger partial charge in [-0.1, -0.05) is 47.0 Å². The summed E-state index contributed by atoms with van der Waals surface area (Å²) in [5.74, 6) is 0.0273. The Labute approximate surface area is 214 Å². The molecule has 3 aromatic carbocycles. The maximum atomic E-state index is 13.1. The van der Waals surface area contributed by atoms with Gasteiger partial charge < -0.3 is 9.88 Å². The van der Waals surface area contributed by atoms with Crippen LogP contribution in [0.2, 0.25) is 5.02 Å². The first-order chi connectivity index (χ1) is 16.3. The van der Waals surface area contributed by atoms with Gasteiger partial charge in [0.1, 0.15) is 0 Å². The number of aromatic nitrogens is 1. The van der Waals surface area contributed by atoms with E-state index in [9.17, 15) is 4.79 Å². The Morgan fingerprint density at radius 2 is 1.49 bits per heavy atom. The van der Waals surface area contributed by atoms with Crippen LogP contribution in [-0.4, -0.2) is 16.0 Å². The minimum absolute atomic E-state index is 0.0273.